The van der Waals surface area contributed by atoms with E-state index in [1.165, 1.54) is 38.5 Å². The Morgan fingerprint density at radius 1 is 0.923 bits per heavy atom. The maximum Gasteiger partial charge on any atom is 0.315 e. The SMILES string of the molecule is NC(=O)C(CCCCCCCCCCS)CCOCCOCCNC(=O)CCCC[C@@H]1SC[C@@H]2NC(=O)N[C@@H]21. The third kappa shape index (κ3) is 15.4. The molecule has 0 spiro atoms. The van der Waals surface area contributed by atoms with E-state index in [1.807, 2.05) is 11.8 Å². The van der Waals surface area contributed by atoms with E-state index in [4.69, 9.17) is 15.2 Å². The molecule has 9 nitrogen and oxygen atoms in total. The Bertz CT molecular complexity index is 703. The number of urea groups is 1. The van der Waals surface area contributed by atoms with Gasteiger partial charge in [0, 0.05) is 36.5 Å². The number of unbranched alkanes of at least 4 members (excludes halogenated alkanes) is 8. The summed E-state index contributed by atoms with van der Waals surface area (Å²) in [6, 6.07) is 0.421. The van der Waals surface area contributed by atoms with Gasteiger partial charge < -0.3 is 31.2 Å². The normalized spacial score (nSPS) is 20.8. The highest BCUT2D eigenvalue weighted by molar-refractivity contribution is 8.00. The topological polar surface area (TPSA) is 132 Å². The highest BCUT2D eigenvalue weighted by atomic mass is 32.2. The van der Waals surface area contributed by atoms with Crippen LogP contribution < -0.4 is 21.7 Å². The van der Waals surface area contributed by atoms with E-state index >= 15 is 0 Å². The lowest BCUT2D eigenvalue weighted by atomic mass is 9.97. The summed E-state index contributed by atoms with van der Waals surface area (Å²) in [5, 5.41) is 9.29. The second-order valence-electron chi connectivity index (χ2n) is 10.7. The fourth-order valence-electron chi connectivity index (χ4n) is 5.16. The van der Waals surface area contributed by atoms with Crippen LogP contribution in [0.4, 0.5) is 4.79 Å². The van der Waals surface area contributed by atoms with Gasteiger partial charge in [0.05, 0.1) is 31.9 Å². The van der Waals surface area contributed by atoms with Crippen LogP contribution in [-0.4, -0.2) is 79.7 Å². The highest BCUT2D eigenvalue weighted by Crippen LogP contribution is 2.33. The van der Waals surface area contributed by atoms with Gasteiger partial charge in [0.1, 0.15) is 0 Å². The first-order chi connectivity index (χ1) is 19.0. The number of hydrogen-bond acceptors (Lipinski definition) is 7. The summed E-state index contributed by atoms with van der Waals surface area (Å²) >= 11 is 6.15. The fraction of sp³-hybridized carbons (Fsp3) is 0.893. The smallest absolute Gasteiger partial charge is 0.315 e. The van der Waals surface area contributed by atoms with Crippen LogP contribution in [0.15, 0.2) is 0 Å². The standard InChI is InChI=1S/C28H52N4O5S2/c29-27(34)22(11-7-5-3-1-2-4-6-10-20-38)14-16-36-18-19-37-17-15-30-25(33)13-9-8-12-24-26-23(21-39-24)31-28(35)32-26/h22-24,26,38H,1-21H2,(H2,29,34)(H,30,33)(H2,31,32,35)/t22?,23-,24-,26-/m0/s1. The lowest BCUT2D eigenvalue weighted by molar-refractivity contribution is -0.123. The zero-order valence-corrected chi connectivity index (χ0v) is 25.3. The van der Waals surface area contributed by atoms with Crippen molar-refractivity contribution in [3.63, 3.8) is 0 Å². The number of nitrogens with one attached hydrogen (secondary N) is 3. The van der Waals surface area contributed by atoms with E-state index in [9.17, 15) is 14.4 Å². The van der Waals surface area contributed by atoms with Crippen molar-refractivity contribution < 1.29 is 23.9 Å². The number of rotatable bonds is 25. The molecule has 4 atom stereocenters. The van der Waals surface area contributed by atoms with Gasteiger partial charge in [-0.1, -0.05) is 51.4 Å². The number of amides is 4. The molecule has 0 aromatic carbocycles. The molecular formula is C28H52N4O5S2. The Kier molecular flexibility index (Phi) is 18.8. The van der Waals surface area contributed by atoms with Crippen LogP contribution in [0.5, 0.6) is 0 Å². The van der Waals surface area contributed by atoms with Gasteiger partial charge >= 0.3 is 6.03 Å². The van der Waals surface area contributed by atoms with Crippen molar-refractivity contribution in [1.82, 2.24) is 16.0 Å². The molecule has 0 radical (unpaired) electrons. The minimum atomic E-state index is -0.233. The van der Waals surface area contributed by atoms with Crippen LogP contribution in [0.3, 0.4) is 0 Å². The van der Waals surface area contributed by atoms with Gasteiger partial charge in [-0.15, -0.1) is 0 Å². The third-order valence-electron chi connectivity index (χ3n) is 7.49. The number of primary amides is 1. The third-order valence-corrected chi connectivity index (χ3v) is 9.32. The molecule has 5 N–H and O–H groups in total. The molecular weight excluding hydrogens is 536 g/mol. The van der Waals surface area contributed by atoms with Crippen molar-refractivity contribution in [1.29, 1.82) is 0 Å². The van der Waals surface area contributed by atoms with Gasteiger partial charge in [0.2, 0.25) is 11.8 Å². The van der Waals surface area contributed by atoms with Gasteiger partial charge in [-0.3, -0.25) is 9.59 Å². The van der Waals surface area contributed by atoms with E-state index in [0.29, 0.717) is 51.1 Å². The predicted molar refractivity (Wildman–Crippen MR) is 161 cm³/mol. The number of carbonyl (C=O) groups excluding carboxylic acids is 3. The van der Waals surface area contributed by atoms with Crippen molar-refractivity contribution in [2.75, 3.05) is 44.5 Å². The molecule has 1 unspecified atom stereocenters. The number of thioether (sulfide) groups is 1. The lowest BCUT2D eigenvalue weighted by Crippen LogP contribution is -2.36. The van der Waals surface area contributed by atoms with Gasteiger partial charge in [-0.25, -0.2) is 4.79 Å². The van der Waals surface area contributed by atoms with E-state index in [1.54, 1.807) is 0 Å². The Morgan fingerprint density at radius 2 is 1.62 bits per heavy atom. The zero-order chi connectivity index (χ0) is 28.1. The first-order valence-electron chi connectivity index (χ1n) is 15.0. The molecule has 2 fully saturated rings. The first kappa shape index (κ1) is 34.0. The van der Waals surface area contributed by atoms with Crippen molar-refractivity contribution in [2.45, 2.75) is 107 Å². The van der Waals surface area contributed by atoms with Crippen LogP contribution in [0.25, 0.3) is 0 Å². The number of nitrogens with two attached hydrogens (primary N) is 1. The maximum atomic E-state index is 12.0. The van der Waals surface area contributed by atoms with Crippen LogP contribution in [-0.2, 0) is 19.1 Å². The molecule has 0 aliphatic carbocycles. The lowest BCUT2D eigenvalue weighted by Gasteiger charge is -2.16. The largest absolute Gasteiger partial charge is 0.379 e. The molecule has 4 amide bonds. The summed E-state index contributed by atoms with van der Waals surface area (Å²) in [7, 11) is 0. The van der Waals surface area contributed by atoms with Gasteiger partial charge in [-0.2, -0.15) is 24.4 Å². The van der Waals surface area contributed by atoms with Crippen molar-refractivity contribution in [2.24, 2.45) is 11.7 Å². The van der Waals surface area contributed by atoms with Crippen LogP contribution in [0.2, 0.25) is 0 Å². The molecule has 0 saturated carbocycles. The van der Waals surface area contributed by atoms with Crippen LogP contribution in [0.1, 0.15) is 89.9 Å². The van der Waals surface area contributed by atoms with Gasteiger partial charge in [0.15, 0.2) is 0 Å². The summed E-state index contributed by atoms with van der Waals surface area (Å²) in [6.07, 6.45) is 14.6. The highest BCUT2D eigenvalue weighted by Gasteiger charge is 2.42. The minimum absolute atomic E-state index is 0.0457. The Balaban J connectivity index is 1.34. The van der Waals surface area contributed by atoms with Crippen LogP contribution >= 0.6 is 24.4 Å². The second-order valence-corrected chi connectivity index (χ2v) is 12.4. The molecule has 2 aliphatic rings. The van der Waals surface area contributed by atoms with Crippen LogP contribution in [0, 0.1) is 5.92 Å². The summed E-state index contributed by atoms with van der Waals surface area (Å²) in [6.45, 7) is 2.35. The monoisotopic (exact) mass is 588 g/mol. The average Bonchev–Trinajstić information content (AvgIpc) is 3.46. The number of hydrogen-bond donors (Lipinski definition) is 5. The van der Waals surface area contributed by atoms with E-state index in [-0.39, 0.29) is 35.8 Å². The van der Waals surface area contributed by atoms with Gasteiger partial charge in [-0.05, 0) is 37.9 Å². The second kappa shape index (κ2) is 21.6. The minimum Gasteiger partial charge on any atom is -0.379 e. The molecule has 2 rings (SSSR count). The van der Waals surface area contributed by atoms with E-state index < -0.39 is 0 Å². The van der Waals surface area contributed by atoms with Gasteiger partial charge in [0.25, 0.3) is 0 Å². The van der Waals surface area contributed by atoms with Crippen molar-refractivity contribution in [3.05, 3.63) is 0 Å². The number of carbonyl (C=O) groups is 3. The van der Waals surface area contributed by atoms with E-state index in [2.05, 4.69) is 28.6 Å². The van der Waals surface area contributed by atoms with E-state index in [0.717, 1.165) is 50.0 Å². The molecule has 226 valence electrons. The molecule has 0 aromatic rings. The summed E-state index contributed by atoms with van der Waals surface area (Å²) in [5.74, 6) is 1.64. The predicted octanol–water partition coefficient (Wildman–Crippen LogP) is 3.79. The number of ether oxygens (including phenoxy) is 2. The maximum absolute atomic E-state index is 12.0. The molecule has 11 heteroatoms. The molecule has 2 heterocycles. The molecule has 39 heavy (non-hydrogen) atoms. The first-order valence-corrected chi connectivity index (χ1v) is 16.7. The Morgan fingerprint density at radius 3 is 2.33 bits per heavy atom. The molecule has 0 aromatic heterocycles. The molecule has 0 bridgehead atoms. The average molecular weight is 589 g/mol. The molecule has 2 saturated heterocycles. The summed E-state index contributed by atoms with van der Waals surface area (Å²) in [4.78, 5) is 35.2. The zero-order valence-electron chi connectivity index (χ0n) is 23.6. The molecule has 2 aliphatic heterocycles. The van der Waals surface area contributed by atoms with Crippen molar-refractivity contribution >= 4 is 42.2 Å². The Labute approximate surface area is 245 Å². The number of thiol groups is 1. The Hall–Kier alpha value is -1.17. The quantitative estimate of drug-likeness (QED) is 0.0626. The van der Waals surface area contributed by atoms with Crippen molar-refractivity contribution in [3.8, 4) is 0 Å². The fourth-order valence-corrected chi connectivity index (χ4v) is 6.93. The summed E-state index contributed by atoms with van der Waals surface area (Å²) in [5.41, 5.74) is 5.58. The number of fused-ring (bicyclic) bond motifs is 1. The summed E-state index contributed by atoms with van der Waals surface area (Å²) < 4.78 is 11.2.